The first-order valence-corrected chi connectivity index (χ1v) is 13.7. The molecular weight excluding hydrogens is 464 g/mol. The van der Waals surface area contributed by atoms with Gasteiger partial charge in [-0.25, -0.2) is 13.4 Å². The van der Waals surface area contributed by atoms with E-state index in [4.69, 9.17) is 0 Å². The standard InChI is InChI=1S/C26H26N4O2S2/c1-19-12-14-30(15-13-19)34(31,32)23-10-5-8-21(16-23)25-18-33-26(28-25)29-27-17-22-9-4-7-20-6-2-3-11-24(20)22/h2-11,16-19H,12-15H2,1H3,(H,28,29)/b27-17+. The van der Waals surface area contributed by atoms with E-state index in [0.717, 1.165) is 40.4 Å². The fourth-order valence-electron chi connectivity index (χ4n) is 4.17. The van der Waals surface area contributed by atoms with Gasteiger partial charge in [0.05, 0.1) is 16.8 Å². The number of hydrogen-bond acceptors (Lipinski definition) is 6. The predicted molar refractivity (Wildman–Crippen MR) is 140 cm³/mol. The zero-order chi connectivity index (χ0) is 23.5. The zero-order valence-electron chi connectivity index (χ0n) is 18.9. The highest BCUT2D eigenvalue weighted by atomic mass is 32.2. The second-order valence-electron chi connectivity index (χ2n) is 8.59. The molecule has 4 aromatic rings. The maximum Gasteiger partial charge on any atom is 0.243 e. The molecule has 1 saturated heterocycles. The van der Waals surface area contributed by atoms with Gasteiger partial charge < -0.3 is 0 Å². The summed E-state index contributed by atoms with van der Waals surface area (Å²) in [7, 11) is -3.50. The Balaban J connectivity index is 1.31. The van der Waals surface area contributed by atoms with E-state index in [2.05, 4.69) is 40.6 Å². The van der Waals surface area contributed by atoms with E-state index >= 15 is 0 Å². The van der Waals surface area contributed by atoms with Gasteiger partial charge in [0.1, 0.15) is 0 Å². The average Bonchev–Trinajstić information content (AvgIpc) is 3.34. The molecule has 0 bridgehead atoms. The Kier molecular flexibility index (Phi) is 6.45. The van der Waals surface area contributed by atoms with Gasteiger partial charge in [0.25, 0.3) is 0 Å². The molecule has 3 aromatic carbocycles. The number of piperidine rings is 1. The summed E-state index contributed by atoms with van der Waals surface area (Å²) < 4.78 is 27.9. The molecule has 0 unspecified atom stereocenters. The van der Waals surface area contributed by atoms with Gasteiger partial charge in [-0.1, -0.05) is 61.5 Å². The van der Waals surface area contributed by atoms with E-state index in [1.165, 1.54) is 11.3 Å². The highest BCUT2D eigenvalue weighted by Crippen LogP contribution is 2.29. The van der Waals surface area contributed by atoms with E-state index in [0.29, 0.717) is 29.0 Å². The summed E-state index contributed by atoms with van der Waals surface area (Å²) in [6, 6.07) is 21.3. The van der Waals surface area contributed by atoms with Gasteiger partial charge in [-0.3, -0.25) is 5.43 Å². The van der Waals surface area contributed by atoms with Crippen molar-refractivity contribution >= 4 is 43.5 Å². The van der Waals surface area contributed by atoms with Gasteiger partial charge in [-0.2, -0.15) is 9.41 Å². The van der Waals surface area contributed by atoms with E-state index in [-0.39, 0.29) is 0 Å². The molecule has 1 aliphatic heterocycles. The Hall–Kier alpha value is -3.07. The fourth-order valence-corrected chi connectivity index (χ4v) is 6.35. The van der Waals surface area contributed by atoms with Crippen LogP contribution in [0.5, 0.6) is 0 Å². The summed E-state index contributed by atoms with van der Waals surface area (Å²) in [6.45, 7) is 3.32. The van der Waals surface area contributed by atoms with Crippen molar-refractivity contribution in [3.05, 3.63) is 77.7 Å². The first kappa shape index (κ1) is 22.7. The maximum absolute atomic E-state index is 13.1. The number of nitrogens with one attached hydrogen (secondary N) is 1. The number of thiazole rings is 1. The molecule has 34 heavy (non-hydrogen) atoms. The van der Waals surface area contributed by atoms with Gasteiger partial charge in [-0.05, 0) is 41.7 Å². The highest BCUT2D eigenvalue weighted by molar-refractivity contribution is 7.89. The Morgan fingerprint density at radius 2 is 1.82 bits per heavy atom. The first-order chi connectivity index (χ1) is 16.5. The molecule has 8 heteroatoms. The summed E-state index contributed by atoms with van der Waals surface area (Å²) in [5.74, 6) is 0.571. The largest absolute Gasteiger partial charge is 0.253 e. The third-order valence-corrected chi connectivity index (χ3v) is 8.84. The molecule has 0 amide bonds. The summed E-state index contributed by atoms with van der Waals surface area (Å²) in [5.41, 5.74) is 5.51. The summed E-state index contributed by atoms with van der Waals surface area (Å²) in [4.78, 5) is 4.92. The lowest BCUT2D eigenvalue weighted by Crippen LogP contribution is -2.37. The quantitative estimate of drug-likeness (QED) is 0.273. The van der Waals surface area contributed by atoms with Crippen molar-refractivity contribution in [1.82, 2.24) is 9.29 Å². The normalized spacial score (nSPS) is 15.8. The molecule has 2 heterocycles. The number of sulfonamides is 1. The van der Waals surface area contributed by atoms with E-state index in [9.17, 15) is 8.42 Å². The lowest BCUT2D eigenvalue weighted by Gasteiger charge is -2.29. The first-order valence-electron chi connectivity index (χ1n) is 11.3. The van der Waals surface area contributed by atoms with Gasteiger partial charge >= 0.3 is 0 Å². The van der Waals surface area contributed by atoms with Crippen LogP contribution in [0, 0.1) is 5.92 Å². The molecule has 0 radical (unpaired) electrons. The Morgan fingerprint density at radius 1 is 1.06 bits per heavy atom. The third-order valence-electron chi connectivity index (χ3n) is 6.20. The third kappa shape index (κ3) is 4.75. The lowest BCUT2D eigenvalue weighted by atomic mass is 10.0. The number of benzene rings is 3. The van der Waals surface area contributed by atoms with Crippen LogP contribution in [0.2, 0.25) is 0 Å². The number of aromatic nitrogens is 1. The molecule has 0 atom stereocenters. The average molecular weight is 491 g/mol. The van der Waals surface area contributed by atoms with Crippen molar-refractivity contribution < 1.29 is 8.42 Å². The van der Waals surface area contributed by atoms with Gasteiger partial charge in [0.2, 0.25) is 15.2 Å². The topological polar surface area (TPSA) is 74.7 Å². The number of rotatable bonds is 6. The van der Waals surface area contributed by atoms with Crippen LogP contribution in [-0.4, -0.2) is 37.0 Å². The number of hydrazone groups is 1. The van der Waals surface area contributed by atoms with Crippen LogP contribution < -0.4 is 5.43 Å². The molecule has 1 N–H and O–H groups in total. The molecular formula is C26H26N4O2S2. The van der Waals surface area contributed by atoms with Crippen LogP contribution in [0.1, 0.15) is 25.3 Å². The lowest BCUT2D eigenvalue weighted by molar-refractivity contribution is 0.288. The fraction of sp³-hybridized carbons (Fsp3) is 0.231. The molecule has 1 fully saturated rings. The van der Waals surface area contributed by atoms with Crippen LogP contribution in [0.25, 0.3) is 22.0 Å². The Labute approximate surface area is 204 Å². The zero-order valence-corrected chi connectivity index (χ0v) is 20.5. The summed E-state index contributed by atoms with van der Waals surface area (Å²) in [6.07, 6.45) is 3.59. The van der Waals surface area contributed by atoms with Gasteiger partial charge in [0.15, 0.2) is 0 Å². The molecule has 174 valence electrons. The number of anilines is 1. The molecule has 0 spiro atoms. The van der Waals surface area contributed by atoms with E-state index < -0.39 is 10.0 Å². The number of nitrogens with zero attached hydrogens (tertiary/aromatic N) is 3. The minimum absolute atomic E-state index is 0.316. The van der Waals surface area contributed by atoms with Crippen LogP contribution in [-0.2, 0) is 10.0 Å². The number of hydrogen-bond donors (Lipinski definition) is 1. The second kappa shape index (κ2) is 9.66. The van der Waals surface area contributed by atoms with Gasteiger partial charge in [0, 0.05) is 29.6 Å². The molecule has 5 rings (SSSR count). The summed E-state index contributed by atoms with van der Waals surface area (Å²) in [5, 5.41) is 9.21. The van der Waals surface area contributed by atoms with E-state index in [1.807, 2.05) is 35.7 Å². The van der Waals surface area contributed by atoms with Crippen molar-refractivity contribution in [2.45, 2.75) is 24.7 Å². The number of fused-ring (bicyclic) bond motifs is 1. The van der Waals surface area contributed by atoms with E-state index in [1.54, 1.807) is 28.7 Å². The predicted octanol–water partition coefficient (Wildman–Crippen LogP) is 5.83. The minimum Gasteiger partial charge on any atom is -0.253 e. The monoisotopic (exact) mass is 490 g/mol. The molecule has 1 aromatic heterocycles. The SMILES string of the molecule is CC1CCN(S(=O)(=O)c2cccc(-c3csc(N/N=C/c4cccc5ccccc45)n3)c2)CC1. The highest BCUT2D eigenvalue weighted by Gasteiger charge is 2.28. The minimum atomic E-state index is -3.50. The molecule has 1 aliphatic rings. The molecule has 6 nitrogen and oxygen atoms in total. The Morgan fingerprint density at radius 3 is 2.68 bits per heavy atom. The Bertz CT molecular complexity index is 1430. The van der Waals surface area contributed by atoms with Crippen molar-refractivity contribution in [1.29, 1.82) is 0 Å². The molecule has 0 saturated carbocycles. The molecule has 0 aliphatic carbocycles. The van der Waals surface area contributed by atoms with Crippen LogP contribution in [0.4, 0.5) is 5.13 Å². The summed E-state index contributed by atoms with van der Waals surface area (Å²) >= 11 is 1.43. The van der Waals surface area contributed by atoms with Crippen molar-refractivity contribution in [3.63, 3.8) is 0 Å². The van der Waals surface area contributed by atoms with Crippen molar-refractivity contribution in [2.75, 3.05) is 18.5 Å². The van der Waals surface area contributed by atoms with Crippen LogP contribution >= 0.6 is 11.3 Å². The maximum atomic E-state index is 13.1. The second-order valence-corrected chi connectivity index (χ2v) is 11.4. The van der Waals surface area contributed by atoms with Crippen molar-refractivity contribution in [3.8, 4) is 11.3 Å². The van der Waals surface area contributed by atoms with Crippen LogP contribution in [0.3, 0.4) is 0 Å². The smallest absolute Gasteiger partial charge is 0.243 e. The van der Waals surface area contributed by atoms with Gasteiger partial charge in [-0.15, -0.1) is 11.3 Å². The van der Waals surface area contributed by atoms with Crippen molar-refractivity contribution in [2.24, 2.45) is 11.0 Å². The van der Waals surface area contributed by atoms with Crippen LogP contribution in [0.15, 0.2) is 82.1 Å².